The Balaban J connectivity index is 2.49. The van der Waals surface area contributed by atoms with Gasteiger partial charge < -0.3 is 9.88 Å². The van der Waals surface area contributed by atoms with E-state index in [9.17, 15) is 4.79 Å². The van der Waals surface area contributed by atoms with E-state index in [1.807, 2.05) is 13.1 Å². The van der Waals surface area contributed by atoms with Crippen LogP contribution in [0.15, 0.2) is 35.3 Å². The van der Waals surface area contributed by atoms with Gasteiger partial charge >= 0.3 is 0 Å². The van der Waals surface area contributed by atoms with Crippen molar-refractivity contribution in [2.75, 3.05) is 6.54 Å². The maximum absolute atomic E-state index is 12.1. The standard InChI is InChI=1S/C18H24N2O/c1-5-9-19-11-16-12-20(15(4)10-17(16)21)18-13(2)7-6-8-14(18)3/h6-8,10,12,19H,5,9,11H2,1-4H3. The summed E-state index contributed by atoms with van der Waals surface area (Å²) in [5, 5.41) is 3.31. The van der Waals surface area contributed by atoms with Crippen molar-refractivity contribution in [3.05, 3.63) is 63.1 Å². The summed E-state index contributed by atoms with van der Waals surface area (Å²) in [6.07, 6.45) is 3.05. The number of hydrogen-bond acceptors (Lipinski definition) is 2. The number of aryl methyl sites for hydroxylation is 3. The number of hydrogen-bond donors (Lipinski definition) is 1. The normalized spacial score (nSPS) is 10.9. The van der Waals surface area contributed by atoms with Crippen molar-refractivity contribution in [1.82, 2.24) is 9.88 Å². The molecule has 0 saturated heterocycles. The average molecular weight is 284 g/mol. The Bertz CT molecular complexity index is 666. The van der Waals surface area contributed by atoms with Crippen LogP contribution in [0.1, 0.15) is 35.7 Å². The molecule has 3 nitrogen and oxygen atoms in total. The molecule has 3 heteroatoms. The zero-order valence-corrected chi connectivity index (χ0v) is 13.4. The van der Waals surface area contributed by atoms with E-state index in [-0.39, 0.29) is 5.43 Å². The summed E-state index contributed by atoms with van der Waals surface area (Å²) in [7, 11) is 0. The van der Waals surface area contributed by atoms with E-state index >= 15 is 0 Å². The zero-order valence-electron chi connectivity index (χ0n) is 13.4. The van der Waals surface area contributed by atoms with E-state index in [1.165, 1.54) is 16.8 Å². The van der Waals surface area contributed by atoms with Crippen LogP contribution in [-0.4, -0.2) is 11.1 Å². The molecule has 0 aliphatic carbocycles. The molecule has 1 heterocycles. The van der Waals surface area contributed by atoms with Gasteiger partial charge in [0.2, 0.25) is 0 Å². The molecule has 0 bridgehead atoms. The number of nitrogens with zero attached hydrogens (tertiary/aromatic N) is 1. The molecule has 1 aromatic heterocycles. The van der Waals surface area contributed by atoms with E-state index in [4.69, 9.17) is 0 Å². The van der Waals surface area contributed by atoms with Crippen molar-refractivity contribution < 1.29 is 0 Å². The van der Waals surface area contributed by atoms with Crippen LogP contribution in [0.5, 0.6) is 0 Å². The van der Waals surface area contributed by atoms with Gasteiger partial charge in [0.25, 0.3) is 0 Å². The highest BCUT2D eigenvalue weighted by molar-refractivity contribution is 5.48. The van der Waals surface area contributed by atoms with Crippen LogP contribution in [-0.2, 0) is 6.54 Å². The second-order valence-corrected chi connectivity index (χ2v) is 5.59. The van der Waals surface area contributed by atoms with E-state index < -0.39 is 0 Å². The van der Waals surface area contributed by atoms with Gasteiger partial charge in [0.15, 0.2) is 5.43 Å². The molecule has 0 saturated carbocycles. The molecule has 0 unspecified atom stereocenters. The predicted molar refractivity (Wildman–Crippen MR) is 88.2 cm³/mol. The van der Waals surface area contributed by atoms with E-state index in [0.717, 1.165) is 24.2 Å². The first-order valence-corrected chi connectivity index (χ1v) is 7.54. The van der Waals surface area contributed by atoms with Crippen molar-refractivity contribution in [3.8, 4) is 5.69 Å². The van der Waals surface area contributed by atoms with Crippen molar-refractivity contribution in [2.24, 2.45) is 0 Å². The predicted octanol–water partition coefficient (Wildman–Crippen LogP) is 3.26. The topological polar surface area (TPSA) is 34.0 Å². The molecule has 1 N–H and O–H groups in total. The van der Waals surface area contributed by atoms with Gasteiger partial charge in [0, 0.05) is 30.1 Å². The van der Waals surface area contributed by atoms with Gasteiger partial charge in [0.05, 0.1) is 5.69 Å². The van der Waals surface area contributed by atoms with Crippen LogP contribution in [0.4, 0.5) is 0 Å². The first-order valence-electron chi connectivity index (χ1n) is 7.54. The fourth-order valence-corrected chi connectivity index (χ4v) is 2.63. The Labute approximate surface area is 126 Å². The van der Waals surface area contributed by atoms with Gasteiger partial charge in [-0.15, -0.1) is 0 Å². The van der Waals surface area contributed by atoms with Crippen molar-refractivity contribution >= 4 is 0 Å². The minimum absolute atomic E-state index is 0.110. The Kier molecular flexibility index (Phi) is 4.97. The van der Waals surface area contributed by atoms with E-state index in [0.29, 0.717) is 6.54 Å². The molecule has 0 radical (unpaired) electrons. The third kappa shape index (κ3) is 3.42. The molecule has 2 aromatic rings. The molecule has 0 aliphatic heterocycles. The van der Waals surface area contributed by atoms with Gasteiger partial charge in [-0.1, -0.05) is 25.1 Å². The number of para-hydroxylation sites is 1. The summed E-state index contributed by atoms with van der Waals surface area (Å²) >= 11 is 0. The third-order valence-corrected chi connectivity index (χ3v) is 3.74. The van der Waals surface area contributed by atoms with E-state index in [2.05, 4.69) is 48.9 Å². The lowest BCUT2D eigenvalue weighted by molar-refractivity contribution is 0.668. The molecule has 2 rings (SSSR count). The average Bonchev–Trinajstić information content (AvgIpc) is 2.43. The molecular formula is C18H24N2O. The lowest BCUT2D eigenvalue weighted by atomic mass is 10.1. The van der Waals surface area contributed by atoms with Gasteiger partial charge in [-0.2, -0.15) is 0 Å². The van der Waals surface area contributed by atoms with Gasteiger partial charge in [-0.25, -0.2) is 0 Å². The lowest BCUT2D eigenvalue weighted by Crippen LogP contribution is -2.22. The monoisotopic (exact) mass is 284 g/mol. The SMILES string of the molecule is CCCNCc1cn(-c2c(C)cccc2C)c(C)cc1=O. The molecule has 0 aliphatic rings. The van der Waals surface area contributed by atoms with Crippen LogP contribution in [0, 0.1) is 20.8 Å². The Hall–Kier alpha value is -1.87. The van der Waals surface area contributed by atoms with Crippen LogP contribution in [0.25, 0.3) is 5.69 Å². The Morgan fingerprint density at radius 1 is 1.14 bits per heavy atom. The van der Waals surface area contributed by atoms with Crippen LogP contribution in [0.2, 0.25) is 0 Å². The molecule has 21 heavy (non-hydrogen) atoms. The zero-order chi connectivity index (χ0) is 15.4. The summed E-state index contributed by atoms with van der Waals surface area (Å²) in [5.74, 6) is 0. The number of rotatable bonds is 5. The smallest absolute Gasteiger partial charge is 0.186 e. The summed E-state index contributed by atoms with van der Waals surface area (Å²) < 4.78 is 2.13. The largest absolute Gasteiger partial charge is 0.320 e. The number of nitrogens with one attached hydrogen (secondary N) is 1. The summed E-state index contributed by atoms with van der Waals surface area (Å²) in [4.78, 5) is 12.1. The second kappa shape index (κ2) is 6.72. The highest BCUT2D eigenvalue weighted by Crippen LogP contribution is 2.20. The van der Waals surface area contributed by atoms with Crippen molar-refractivity contribution in [1.29, 1.82) is 0 Å². The first kappa shape index (κ1) is 15.5. The highest BCUT2D eigenvalue weighted by atomic mass is 16.1. The first-order chi connectivity index (χ1) is 10.0. The van der Waals surface area contributed by atoms with Gasteiger partial charge in [-0.05, 0) is 44.9 Å². The summed E-state index contributed by atoms with van der Waals surface area (Å²) in [5.41, 5.74) is 5.50. The Morgan fingerprint density at radius 3 is 2.43 bits per heavy atom. The van der Waals surface area contributed by atoms with Crippen molar-refractivity contribution in [2.45, 2.75) is 40.7 Å². The lowest BCUT2D eigenvalue weighted by Gasteiger charge is -2.17. The number of pyridine rings is 1. The van der Waals surface area contributed by atoms with Crippen LogP contribution < -0.4 is 10.7 Å². The van der Waals surface area contributed by atoms with Crippen LogP contribution >= 0.6 is 0 Å². The third-order valence-electron chi connectivity index (χ3n) is 3.74. The van der Waals surface area contributed by atoms with E-state index in [1.54, 1.807) is 6.07 Å². The molecular weight excluding hydrogens is 260 g/mol. The molecule has 0 fully saturated rings. The Morgan fingerprint density at radius 2 is 1.81 bits per heavy atom. The second-order valence-electron chi connectivity index (χ2n) is 5.59. The van der Waals surface area contributed by atoms with Gasteiger partial charge in [-0.3, -0.25) is 4.79 Å². The fourth-order valence-electron chi connectivity index (χ4n) is 2.63. The minimum atomic E-state index is 0.110. The number of aromatic nitrogens is 1. The molecule has 1 aromatic carbocycles. The van der Waals surface area contributed by atoms with Gasteiger partial charge in [0.1, 0.15) is 0 Å². The molecule has 0 atom stereocenters. The molecule has 112 valence electrons. The number of benzene rings is 1. The maximum atomic E-state index is 12.1. The van der Waals surface area contributed by atoms with Crippen LogP contribution in [0.3, 0.4) is 0 Å². The highest BCUT2D eigenvalue weighted by Gasteiger charge is 2.09. The summed E-state index contributed by atoms with van der Waals surface area (Å²) in [6.45, 7) is 9.87. The quantitative estimate of drug-likeness (QED) is 0.855. The maximum Gasteiger partial charge on any atom is 0.186 e. The summed E-state index contributed by atoms with van der Waals surface area (Å²) in [6, 6.07) is 8.01. The van der Waals surface area contributed by atoms with Crippen molar-refractivity contribution in [3.63, 3.8) is 0 Å². The molecule has 0 spiro atoms. The fraction of sp³-hybridized carbons (Fsp3) is 0.389. The molecule has 0 amide bonds. The minimum Gasteiger partial charge on any atom is -0.320 e.